The molecule has 0 unspecified atom stereocenters. The van der Waals surface area contributed by atoms with Crippen molar-refractivity contribution in [3.63, 3.8) is 0 Å². The molecule has 0 aromatic heterocycles. The number of benzene rings is 2. The minimum Gasteiger partial charge on any atom is -0.370 e. The summed E-state index contributed by atoms with van der Waals surface area (Å²) in [5.41, 5.74) is 12.6. The third-order valence-corrected chi connectivity index (χ3v) is 5.19. The second-order valence-electron chi connectivity index (χ2n) is 7.34. The summed E-state index contributed by atoms with van der Waals surface area (Å²) in [6, 6.07) is 20.9. The van der Waals surface area contributed by atoms with Gasteiger partial charge < -0.3 is 11.5 Å². The van der Waals surface area contributed by atoms with Crippen molar-refractivity contribution in [2.45, 2.75) is 6.92 Å². The molecule has 1 aliphatic rings. The van der Waals surface area contributed by atoms with Gasteiger partial charge >= 0.3 is 0 Å². The Hall–Kier alpha value is -2.70. The highest BCUT2D eigenvalue weighted by atomic mass is 16.1. The molecule has 2 aromatic carbocycles. The Bertz CT molecular complexity index is 750. The highest BCUT2D eigenvalue weighted by molar-refractivity contribution is 5.78. The molecule has 2 amide bonds. The highest BCUT2D eigenvalue weighted by Crippen LogP contribution is 2.30. The summed E-state index contributed by atoms with van der Waals surface area (Å²) in [5, 5.41) is 0. The zero-order valence-corrected chi connectivity index (χ0v) is 16.2. The van der Waals surface area contributed by atoms with Crippen molar-refractivity contribution in [1.82, 2.24) is 8.97 Å². The van der Waals surface area contributed by atoms with Crippen molar-refractivity contribution in [3.8, 4) is 0 Å². The van der Waals surface area contributed by atoms with Crippen LogP contribution in [0.4, 0.5) is 11.4 Å². The average Bonchev–Trinajstić information content (AvgIpc) is 2.65. The van der Waals surface area contributed by atoms with Gasteiger partial charge in [-0.05, 0) is 24.3 Å². The van der Waals surface area contributed by atoms with Gasteiger partial charge in [-0.15, -0.1) is 0 Å². The maximum absolute atomic E-state index is 11.7. The van der Waals surface area contributed by atoms with Crippen LogP contribution in [-0.4, -0.2) is 51.6 Å². The van der Waals surface area contributed by atoms with E-state index in [-0.39, 0.29) is 11.8 Å². The number of nitrogens with two attached hydrogens (primary N) is 2. The van der Waals surface area contributed by atoms with Crippen molar-refractivity contribution in [2.75, 3.05) is 39.8 Å². The van der Waals surface area contributed by atoms with Crippen molar-refractivity contribution < 1.29 is 9.59 Å². The van der Waals surface area contributed by atoms with E-state index in [0.717, 1.165) is 30.7 Å². The number of piperazine rings is 1. The maximum Gasteiger partial charge on any atom is 0.273 e. The van der Waals surface area contributed by atoms with Crippen molar-refractivity contribution >= 4 is 23.2 Å². The first-order chi connectivity index (χ1) is 12.8. The van der Waals surface area contributed by atoms with Gasteiger partial charge in [-0.2, -0.15) is 0 Å². The molecule has 27 heavy (non-hydrogen) atoms. The van der Waals surface area contributed by atoms with Crippen LogP contribution in [0, 0.1) is 0 Å². The van der Waals surface area contributed by atoms with Crippen LogP contribution >= 0.6 is 0 Å². The number of amides is 2. The Morgan fingerprint density at radius 3 is 1.63 bits per heavy atom. The van der Waals surface area contributed by atoms with Gasteiger partial charge in [0.15, 0.2) is 6.54 Å². The largest absolute Gasteiger partial charge is 0.370 e. The normalized spacial score (nSPS) is 24.4. The standard InChI is InChI=1S/C19H24N3O.C2H5NO/c1-21(17-8-4-2-5-9-17)12-14-22(15-13-21,16-19(20)23)18-10-6-3-7-11-18;1-2(3)4/h2-11H,12-16H2,1H3,(H-,20,23);1H3,(H2,3,4)/q+1;/p+1. The second kappa shape index (κ2) is 8.79. The second-order valence-corrected chi connectivity index (χ2v) is 7.34. The summed E-state index contributed by atoms with van der Waals surface area (Å²) < 4.78 is 1.57. The summed E-state index contributed by atoms with van der Waals surface area (Å²) in [6.45, 7) is 5.49. The first-order valence-corrected chi connectivity index (χ1v) is 9.14. The fourth-order valence-corrected chi connectivity index (χ4v) is 3.64. The monoisotopic (exact) mass is 370 g/mol. The van der Waals surface area contributed by atoms with Crippen LogP contribution in [0.3, 0.4) is 0 Å². The molecule has 0 saturated carbocycles. The molecule has 0 bridgehead atoms. The van der Waals surface area contributed by atoms with E-state index in [4.69, 9.17) is 5.73 Å². The van der Waals surface area contributed by atoms with E-state index in [1.165, 1.54) is 18.3 Å². The van der Waals surface area contributed by atoms with Crippen LogP contribution in [0.1, 0.15) is 6.92 Å². The Kier molecular flexibility index (Phi) is 6.71. The first kappa shape index (κ1) is 20.6. The van der Waals surface area contributed by atoms with Crippen LogP contribution in [-0.2, 0) is 9.59 Å². The minimum atomic E-state index is -0.333. The molecule has 0 radical (unpaired) electrons. The highest BCUT2D eigenvalue weighted by Gasteiger charge is 2.43. The minimum absolute atomic E-state index is 0.232. The third-order valence-electron chi connectivity index (χ3n) is 5.19. The molecule has 0 atom stereocenters. The molecule has 144 valence electrons. The van der Waals surface area contributed by atoms with Gasteiger partial charge in [-0.25, -0.2) is 0 Å². The molecule has 4 N–H and O–H groups in total. The van der Waals surface area contributed by atoms with Gasteiger partial charge in [0.25, 0.3) is 5.91 Å². The Balaban J connectivity index is 0.000000596. The number of hydrogen-bond acceptors (Lipinski definition) is 2. The van der Waals surface area contributed by atoms with Gasteiger partial charge in [0, 0.05) is 6.92 Å². The van der Waals surface area contributed by atoms with Crippen LogP contribution in [0.25, 0.3) is 0 Å². The zero-order valence-electron chi connectivity index (χ0n) is 16.2. The lowest BCUT2D eigenvalue weighted by Crippen LogP contribution is -2.68. The molecule has 6 nitrogen and oxygen atoms in total. The number of nitrogens with zero attached hydrogens (tertiary/aromatic N) is 2. The molecule has 1 fully saturated rings. The van der Waals surface area contributed by atoms with E-state index in [1.54, 1.807) is 0 Å². The lowest BCUT2D eigenvalue weighted by molar-refractivity contribution is -0.119. The van der Waals surface area contributed by atoms with Crippen LogP contribution in [0.5, 0.6) is 0 Å². The van der Waals surface area contributed by atoms with Crippen molar-refractivity contribution in [1.29, 1.82) is 0 Å². The smallest absolute Gasteiger partial charge is 0.273 e. The third kappa shape index (κ3) is 5.39. The van der Waals surface area contributed by atoms with Crippen molar-refractivity contribution in [2.24, 2.45) is 11.5 Å². The van der Waals surface area contributed by atoms with E-state index in [0.29, 0.717) is 11.0 Å². The van der Waals surface area contributed by atoms with E-state index < -0.39 is 0 Å². The molecule has 3 rings (SSSR count). The number of likely N-dealkylation sites (N-methyl/N-ethyl adjacent to an activating group) is 1. The lowest BCUT2D eigenvalue weighted by atomic mass is 10.1. The SMILES string of the molecule is CC(N)=O.C[N+]1(c2ccccc2)CC[N+](CC(N)=O)(c2ccccc2)CC1. The summed E-state index contributed by atoms with van der Waals surface area (Å²) in [6.07, 6.45) is 0. The molecule has 6 heteroatoms. The van der Waals surface area contributed by atoms with E-state index in [9.17, 15) is 9.59 Å². The number of primary amides is 2. The fraction of sp³-hybridized carbons (Fsp3) is 0.333. The van der Waals surface area contributed by atoms with Gasteiger partial charge in [0.1, 0.15) is 37.6 Å². The molecule has 1 saturated heterocycles. The predicted octanol–water partition coefficient (Wildman–Crippen LogP) is 1.62. The summed E-state index contributed by atoms with van der Waals surface area (Å²) >= 11 is 0. The molecular weight excluding hydrogens is 340 g/mol. The summed E-state index contributed by atoms with van der Waals surface area (Å²) in [4.78, 5) is 20.9. The molecule has 0 spiro atoms. The van der Waals surface area contributed by atoms with Gasteiger partial charge in [-0.3, -0.25) is 18.6 Å². The topological polar surface area (TPSA) is 86.2 Å². The molecule has 0 aliphatic carbocycles. The van der Waals surface area contributed by atoms with E-state index in [1.807, 2.05) is 18.2 Å². The quantitative estimate of drug-likeness (QED) is 0.802. The number of para-hydroxylation sites is 2. The Morgan fingerprint density at radius 1 is 0.815 bits per heavy atom. The Labute approximate surface area is 161 Å². The molecule has 1 aliphatic heterocycles. The average molecular weight is 370 g/mol. The number of hydrogen-bond donors (Lipinski definition) is 2. The number of carbonyl (C=O) groups excluding carboxylic acids is 2. The molecule has 2 aromatic rings. The van der Waals surface area contributed by atoms with Gasteiger partial charge in [0.2, 0.25) is 5.91 Å². The van der Waals surface area contributed by atoms with Crippen LogP contribution in [0.15, 0.2) is 60.7 Å². The summed E-state index contributed by atoms with van der Waals surface area (Å²) in [5.74, 6) is -0.565. The van der Waals surface area contributed by atoms with Gasteiger partial charge in [0.05, 0.1) is 7.05 Å². The number of quaternary nitrogens is 2. The van der Waals surface area contributed by atoms with Crippen molar-refractivity contribution in [3.05, 3.63) is 60.7 Å². The Morgan fingerprint density at radius 2 is 1.22 bits per heavy atom. The van der Waals surface area contributed by atoms with Crippen LogP contribution in [0.2, 0.25) is 0 Å². The zero-order chi connectivity index (χ0) is 19.9. The summed E-state index contributed by atoms with van der Waals surface area (Å²) in [7, 11) is 2.28. The maximum atomic E-state index is 11.7. The fourth-order valence-electron chi connectivity index (χ4n) is 3.64. The van der Waals surface area contributed by atoms with E-state index >= 15 is 0 Å². The van der Waals surface area contributed by atoms with E-state index in [2.05, 4.69) is 55.2 Å². The van der Waals surface area contributed by atoms with Crippen LogP contribution < -0.4 is 20.4 Å². The number of carbonyl (C=O) groups is 2. The first-order valence-electron chi connectivity index (χ1n) is 9.14. The predicted molar refractivity (Wildman–Crippen MR) is 111 cm³/mol. The molecule has 1 heterocycles. The molecular formula is C21H30N4O2+2. The lowest BCUT2D eigenvalue weighted by Gasteiger charge is -2.47. The van der Waals surface area contributed by atoms with Gasteiger partial charge in [-0.1, -0.05) is 36.4 Å². The number of rotatable bonds is 4.